The van der Waals surface area contributed by atoms with E-state index in [0.717, 1.165) is 47.0 Å². The van der Waals surface area contributed by atoms with Crippen LogP contribution in [0.5, 0.6) is 5.75 Å². The van der Waals surface area contributed by atoms with Gasteiger partial charge in [-0.15, -0.1) is 0 Å². The normalized spacial score (nSPS) is 15.4. The zero-order valence-corrected chi connectivity index (χ0v) is 16.2. The molecule has 0 atom stereocenters. The van der Waals surface area contributed by atoms with Crippen molar-refractivity contribution in [1.29, 1.82) is 0 Å². The minimum Gasteiger partial charge on any atom is -0.492 e. The average molecular weight is 362 g/mol. The molecule has 2 heterocycles. The second kappa shape index (κ2) is 7.47. The first-order valence-corrected chi connectivity index (χ1v) is 9.54. The van der Waals surface area contributed by atoms with Crippen molar-refractivity contribution in [2.75, 3.05) is 45.7 Å². The smallest absolute Gasteiger partial charge is 0.319 e. The summed E-state index contributed by atoms with van der Waals surface area (Å²) in [7, 11) is 5.49. The number of amides is 2. The zero-order chi connectivity index (χ0) is 18.0. The van der Waals surface area contributed by atoms with Crippen molar-refractivity contribution >= 4 is 32.7 Å². The Morgan fingerprint density at radius 1 is 1.32 bits per heavy atom. The highest BCUT2D eigenvalue weighted by Crippen LogP contribution is 2.35. The summed E-state index contributed by atoms with van der Waals surface area (Å²) < 4.78 is 6.85. The number of carbonyl (C=O) groups excluding carboxylic acids is 1. The number of fused-ring (bicyclic) bond motifs is 1. The van der Waals surface area contributed by atoms with Gasteiger partial charge in [-0.1, -0.05) is 17.4 Å². The fourth-order valence-corrected chi connectivity index (χ4v) is 4.27. The van der Waals surface area contributed by atoms with Gasteiger partial charge in [0.1, 0.15) is 11.3 Å². The molecule has 0 aliphatic carbocycles. The summed E-state index contributed by atoms with van der Waals surface area (Å²) in [6.07, 6.45) is 1.93. The molecule has 1 saturated heterocycles. The Labute approximate surface area is 153 Å². The van der Waals surface area contributed by atoms with Crippen LogP contribution in [0.25, 0.3) is 10.2 Å². The molecule has 0 spiro atoms. The molecule has 2 aromatic rings. The first kappa shape index (κ1) is 17.8. The number of piperidine rings is 1. The third-order valence-corrected chi connectivity index (χ3v) is 5.72. The van der Waals surface area contributed by atoms with Crippen molar-refractivity contribution in [3.63, 3.8) is 0 Å². The molecule has 3 rings (SSSR count). The average Bonchev–Trinajstić information content (AvgIpc) is 3.06. The number of aromatic nitrogens is 1. The van der Waals surface area contributed by atoms with Gasteiger partial charge in [-0.05, 0) is 31.9 Å². The summed E-state index contributed by atoms with van der Waals surface area (Å²) in [6.45, 7) is 4.46. The molecule has 2 amide bonds. The number of para-hydroxylation sites is 1. The van der Waals surface area contributed by atoms with Crippen LogP contribution in [0.4, 0.5) is 9.93 Å². The first-order chi connectivity index (χ1) is 12.0. The van der Waals surface area contributed by atoms with Crippen LogP contribution in [0, 0.1) is 0 Å². The van der Waals surface area contributed by atoms with Gasteiger partial charge in [0, 0.05) is 40.3 Å². The third kappa shape index (κ3) is 3.66. The largest absolute Gasteiger partial charge is 0.492 e. The number of hydrogen-bond acceptors (Lipinski definition) is 5. The lowest BCUT2D eigenvalue weighted by Crippen LogP contribution is -2.48. The van der Waals surface area contributed by atoms with Gasteiger partial charge in [-0.25, -0.2) is 9.78 Å². The molecule has 6 nitrogen and oxygen atoms in total. The molecular weight excluding hydrogens is 336 g/mol. The van der Waals surface area contributed by atoms with Crippen molar-refractivity contribution in [3.05, 3.63) is 18.2 Å². The van der Waals surface area contributed by atoms with Crippen LogP contribution in [0.3, 0.4) is 0 Å². The molecule has 7 heteroatoms. The fraction of sp³-hybridized carbons (Fsp3) is 0.556. The molecule has 1 fully saturated rings. The Hall–Kier alpha value is -2.02. The molecule has 1 aliphatic heterocycles. The van der Waals surface area contributed by atoms with E-state index in [1.807, 2.05) is 31.0 Å². The van der Waals surface area contributed by atoms with Crippen LogP contribution >= 0.6 is 11.3 Å². The number of nitrogens with zero attached hydrogens (tertiary/aromatic N) is 4. The van der Waals surface area contributed by atoms with Crippen LogP contribution in [0.15, 0.2) is 18.2 Å². The highest BCUT2D eigenvalue weighted by atomic mass is 32.1. The van der Waals surface area contributed by atoms with Crippen LogP contribution in [0.1, 0.15) is 19.8 Å². The molecule has 1 aromatic carbocycles. The van der Waals surface area contributed by atoms with Gasteiger partial charge in [0.25, 0.3) is 0 Å². The molecule has 25 heavy (non-hydrogen) atoms. The molecule has 0 unspecified atom stereocenters. The summed E-state index contributed by atoms with van der Waals surface area (Å²) in [5.74, 6) is 0.855. The number of ether oxygens (including phenoxy) is 1. The minimum atomic E-state index is 0.0693. The van der Waals surface area contributed by atoms with Crippen LogP contribution in [0.2, 0.25) is 0 Å². The van der Waals surface area contributed by atoms with E-state index in [0.29, 0.717) is 12.6 Å². The van der Waals surface area contributed by atoms with E-state index < -0.39 is 0 Å². The summed E-state index contributed by atoms with van der Waals surface area (Å²) in [5.41, 5.74) is 0.950. The topological polar surface area (TPSA) is 48.9 Å². The second-order valence-corrected chi connectivity index (χ2v) is 7.55. The number of urea groups is 1. The van der Waals surface area contributed by atoms with Gasteiger partial charge in [0.05, 0.1) is 11.3 Å². The van der Waals surface area contributed by atoms with Crippen LogP contribution in [-0.2, 0) is 0 Å². The second-order valence-electron chi connectivity index (χ2n) is 6.54. The van der Waals surface area contributed by atoms with E-state index in [2.05, 4.69) is 11.0 Å². The van der Waals surface area contributed by atoms with Crippen LogP contribution in [-0.4, -0.2) is 67.7 Å². The van der Waals surface area contributed by atoms with E-state index in [-0.39, 0.29) is 6.03 Å². The Bertz CT molecular complexity index is 738. The maximum absolute atomic E-state index is 12.1. The Morgan fingerprint density at radius 2 is 2.04 bits per heavy atom. The molecule has 0 bridgehead atoms. The number of benzene rings is 1. The number of anilines is 1. The molecule has 0 N–H and O–H groups in total. The van der Waals surface area contributed by atoms with Gasteiger partial charge < -0.3 is 19.4 Å². The maximum atomic E-state index is 12.1. The van der Waals surface area contributed by atoms with Crippen molar-refractivity contribution in [3.8, 4) is 5.75 Å². The molecule has 0 saturated carbocycles. The van der Waals surface area contributed by atoms with E-state index in [1.165, 1.54) is 0 Å². The van der Waals surface area contributed by atoms with Gasteiger partial charge in [0.2, 0.25) is 0 Å². The fourth-order valence-electron chi connectivity index (χ4n) is 3.23. The minimum absolute atomic E-state index is 0.0693. The predicted molar refractivity (Wildman–Crippen MR) is 103 cm³/mol. The van der Waals surface area contributed by atoms with Gasteiger partial charge in [-0.3, -0.25) is 0 Å². The number of rotatable bonds is 4. The Morgan fingerprint density at radius 3 is 2.68 bits per heavy atom. The molecule has 0 radical (unpaired) electrons. The van der Waals surface area contributed by atoms with Crippen molar-refractivity contribution in [2.45, 2.75) is 25.8 Å². The van der Waals surface area contributed by atoms with E-state index >= 15 is 0 Å². The summed E-state index contributed by atoms with van der Waals surface area (Å²) in [5, 5.41) is 1.04. The van der Waals surface area contributed by atoms with E-state index in [4.69, 9.17) is 9.72 Å². The first-order valence-electron chi connectivity index (χ1n) is 8.72. The van der Waals surface area contributed by atoms with E-state index in [1.54, 1.807) is 30.3 Å². The summed E-state index contributed by atoms with van der Waals surface area (Å²) in [6, 6.07) is 6.45. The van der Waals surface area contributed by atoms with Gasteiger partial charge in [-0.2, -0.15) is 0 Å². The summed E-state index contributed by atoms with van der Waals surface area (Å²) >= 11 is 1.71. The standard InChI is InChI=1S/C18H26N4O2S/c1-5-24-14-7-6-8-15-16(14)19-17(25-15)22-11-9-13(10-12-22)21(4)18(23)20(2)3/h6-8,13H,5,9-12H2,1-4H3. The van der Waals surface area contributed by atoms with E-state index in [9.17, 15) is 4.79 Å². The van der Waals surface area contributed by atoms with Crippen molar-refractivity contribution in [2.24, 2.45) is 0 Å². The third-order valence-electron chi connectivity index (χ3n) is 4.64. The quantitative estimate of drug-likeness (QED) is 0.837. The predicted octanol–water partition coefficient (Wildman–Crippen LogP) is 3.28. The Balaban J connectivity index is 1.70. The lowest BCUT2D eigenvalue weighted by Gasteiger charge is -2.37. The SMILES string of the molecule is CCOc1cccc2sc(N3CCC(N(C)C(=O)N(C)C)CC3)nc12. The highest BCUT2D eigenvalue weighted by Gasteiger charge is 2.27. The number of thiazole rings is 1. The van der Waals surface area contributed by atoms with Gasteiger partial charge in [0.15, 0.2) is 5.13 Å². The summed E-state index contributed by atoms with van der Waals surface area (Å²) in [4.78, 5) is 22.8. The highest BCUT2D eigenvalue weighted by molar-refractivity contribution is 7.22. The maximum Gasteiger partial charge on any atom is 0.319 e. The Kier molecular flexibility index (Phi) is 5.32. The van der Waals surface area contributed by atoms with Crippen molar-refractivity contribution in [1.82, 2.24) is 14.8 Å². The molecule has 1 aliphatic rings. The lowest BCUT2D eigenvalue weighted by molar-refractivity contribution is 0.155. The zero-order valence-electron chi connectivity index (χ0n) is 15.4. The monoisotopic (exact) mass is 362 g/mol. The van der Waals surface area contributed by atoms with Crippen LogP contribution < -0.4 is 9.64 Å². The molecule has 1 aromatic heterocycles. The number of hydrogen-bond donors (Lipinski definition) is 0. The molecular formula is C18H26N4O2S. The van der Waals surface area contributed by atoms with Crippen molar-refractivity contribution < 1.29 is 9.53 Å². The lowest BCUT2D eigenvalue weighted by atomic mass is 10.0. The van der Waals surface area contributed by atoms with Gasteiger partial charge >= 0.3 is 6.03 Å². The number of carbonyl (C=O) groups is 1. The molecule has 136 valence electrons.